The standard InChI is InChI=1S/C17H32N2O2/c1-12(2)14-7-9-19(10-8-14)11-17(16(20)21,15-5-6-15)18-13(3)4/h12-15,18H,5-11H2,1-4H3,(H,20,21). The largest absolute Gasteiger partial charge is 0.480 e. The van der Waals surface area contributed by atoms with Crippen LogP contribution in [0.1, 0.15) is 53.4 Å². The molecule has 4 nitrogen and oxygen atoms in total. The average molecular weight is 296 g/mol. The molecule has 1 aliphatic carbocycles. The fraction of sp³-hybridized carbons (Fsp3) is 0.941. The van der Waals surface area contributed by atoms with Crippen LogP contribution in [0.25, 0.3) is 0 Å². The van der Waals surface area contributed by atoms with Crippen molar-refractivity contribution < 1.29 is 9.90 Å². The highest BCUT2D eigenvalue weighted by Gasteiger charge is 2.52. The zero-order valence-corrected chi connectivity index (χ0v) is 14.1. The number of nitrogens with zero attached hydrogens (tertiary/aromatic N) is 1. The number of aliphatic carboxylic acids is 1. The summed E-state index contributed by atoms with van der Waals surface area (Å²) in [6, 6.07) is 0.204. The molecule has 1 saturated carbocycles. The molecule has 2 N–H and O–H groups in total. The van der Waals surface area contributed by atoms with Crippen molar-refractivity contribution in [3.8, 4) is 0 Å². The van der Waals surface area contributed by atoms with E-state index in [0.717, 1.165) is 37.8 Å². The van der Waals surface area contributed by atoms with Crippen molar-refractivity contribution in [1.29, 1.82) is 0 Å². The first-order valence-electron chi connectivity index (χ1n) is 8.58. The molecule has 0 aromatic rings. The smallest absolute Gasteiger partial charge is 0.325 e. The van der Waals surface area contributed by atoms with Gasteiger partial charge in [-0.05, 0) is 70.4 Å². The first-order chi connectivity index (χ1) is 9.85. The van der Waals surface area contributed by atoms with Gasteiger partial charge in [-0.3, -0.25) is 10.1 Å². The Morgan fingerprint density at radius 3 is 2.14 bits per heavy atom. The molecule has 2 fully saturated rings. The summed E-state index contributed by atoms with van der Waals surface area (Å²) >= 11 is 0. The molecule has 0 bridgehead atoms. The van der Waals surface area contributed by atoms with Gasteiger partial charge in [0.05, 0.1) is 0 Å². The zero-order valence-electron chi connectivity index (χ0n) is 14.1. The van der Waals surface area contributed by atoms with E-state index in [2.05, 4.69) is 24.1 Å². The van der Waals surface area contributed by atoms with Crippen molar-refractivity contribution in [2.24, 2.45) is 17.8 Å². The van der Waals surface area contributed by atoms with E-state index in [4.69, 9.17) is 0 Å². The highest BCUT2D eigenvalue weighted by Crippen LogP contribution is 2.41. The molecule has 1 aliphatic heterocycles. The average Bonchev–Trinajstić information content (AvgIpc) is 3.22. The van der Waals surface area contributed by atoms with Crippen LogP contribution in [0.4, 0.5) is 0 Å². The van der Waals surface area contributed by atoms with Gasteiger partial charge in [-0.1, -0.05) is 13.8 Å². The molecule has 0 spiro atoms. The first kappa shape index (κ1) is 16.8. The molecule has 4 heteroatoms. The summed E-state index contributed by atoms with van der Waals surface area (Å²) in [5, 5.41) is 13.3. The van der Waals surface area contributed by atoms with Gasteiger partial charge in [0.15, 0.2) is 0 Å². The lowest BCUT2D eigenvalue weighted by Crippen LogP contribution is -2.63. The SMILES string of the molecule is CC(C)NC(CN1CCC(C(C)C)CC1)(C(=O)O)C1CC1. The van der Waals surface area contributed by atoms with Crippen molar-refractivity contribution in [3.05, 3.63) is 0 Å². The van der Waals surface area contributed by atoms with E-state index < -0.39 is 11.5 Å². The molecule has 0 aromatic carbocycles. The zero-order chi connectivity index (χ0) is 15.6. The number of hydrogen-bond acceptors (Lipinski definition) is 3. The second-order valence-corrected chi connectivity index (χ2v) is 7.71. The Hall–Kier alpha value is -0.610. The van der Waals surface area contributed by atoms with Crippen LogP contribution in [0, 0.1) is 17.8 Å². The third kappa shape index (κ3) is 3.98. The fourth-order valence-corrected chi connectivity index (χ4v) is 3.82. The lowest BCUT2D eigenvalue weighted by molar-refractivity contribution is -0.147. The Labute approximate surface area is 129 Å². The number of piperidine rings is 1. The minimum atomic E-state index is -0.737. The Balaban J connectivity index is 2.01. The second-order valence-electron chi connectivity index (χ2n) is 7.71. The molecule has 2 rings (SSSR count). The topological polar surface area (TPSA) is 52.6 Å². The van der Waals surface area contributed by atoms with Gasteiger partial charge < -0.3 is 10.0 Å². The predicted octanol–water partition coefficient (Wildman–Crippen LogP) is 2.59. The van der Waals surface area contributed by atoms with E-state index in [1.165, 1.54) is 12.8 Å². The van der Waals surface area contributed by atoms with Crippen LogP contribution in [0.3, 0.4) is 0 Å². The normalized spacial score (nSPS) is 24.5. The van der Waals surface area contributed by atoms with Crippen molar-refractivity contribution >= 4 is 5.97 Å². The van der Waals surface area contributed by atoms with Gasteiger partial charge in [0.2, 0.25) is 0 Å². The maximum Gasteiger partial charge on any atom is 0.325 e. The van der Waals surface area contributed by atoms with Gasteiger partial charge in [-0.15, -0.1) is 0 Å². The van der Waals surface area contributed by atoms with Gasteiger partial charge >= 0.3 is 5.97 Å². The summed E-state index contributed by atoms with van der Waals surface area (Å²) in [6.07, 6.45) is 4.52. The third-order valence-electron chi connectivity index (χ3n) is 5.25. The molecular weight excluding hydrogens is 264 g/mol. The van der Waals surface area contributed by atoms with Crippen molar-refractivity contribution in [2.45, 2.75) is 65.0 Å². The number of hydrogen-bond donors (Lipinski definition) is 2. The molecule has 0 radical (unpaired) electrons. The summed E-state index contributed by atoms with van der Waals surface area (Å²) in [4.78, 5) is 14.4. The molecule has 0 aromatic heterocycles. The summed E-state index contributed by atoms with van der Waals surface area (Å²) < 4.78 is 0. The second kappa shape index (κ2) is 6.66. The van der Waals surface area contributed by atoms with Gasteiger partial charge in [0, 0.05) is 12.6 Å². The maximum atomic E-state index is 12.0. The van der Waals surface area contributed by atoms with E-state index in [0.29, 0.717) is 12.5 Å². The number of rotatable bonds is 7. The molecule has 21 heavy (non-hydrogen) atoms. The molecule has 1 saturated heterocycles. The highest BCUT2D eigenvalue weighted by molar-refractivity contribution is 5.80. The molecule has 0 amide bonds. The van der Waals surface area contributed by atoms with E-state index in [-0.39, 0.29) is 6.04 Å². The van der Waals surface area contributed by atoms with Crippen molar-refractivity contribution in [3.63, 3.8) is 0 Å². The van der Waals surface area contributed by atoms with Crippen LogP contribution in [-0.2, 0) is 4.79 Å². The highest BCUT2D eigenvalue weighted by atomic mass is 16.4. The van der Waals surface area contributed by atoms with E-state index in [1.54, 1.807) is 0 Å². The minimum absolute atomic E-state index is 0.204. The summed E-state index contributed by atoms with van der Waals surface area (Å²) in [6.45, 7) is 11.4. The van der Waals surface area contributed by atoms with Gasteiger partial charge in [-0.2, -0.15) is 0 Å². The van der Waals surface area contributed by atoms with E-state index in [9.17, 15) is 9.90 Å². The molecule has 1 unspecified atom stereocenters. The van der Waals surface area contributed by atoms with Gasteiger partial charge in [0.25, 0.3) is 0 Å². The molecule has 1 heterocycles. The van der Waals surface area contributed by atoms with Crippen LogP contribution >= 0.6 is 0 Å². The monoisotopic (exact) mass is 296 g/mol. The van der Waals surface area contributed by atoms with Crippen LogP contribution < -0.4 is 5.32 Å². The maximum absolute atomic E-state index is 12.0. The van der Waals surface area contributed by atoms with Crippen LogP contribution in [-0.4, -0.2) is 47.2 Å². The van der Waals surface area contributed by atoms with Crippen molar-refractivity contribution in [1.82, 2.24) is 10.2 Å². The lowest BCUT2D eigenvalue weighted by atomic mass is 9.85. The number of nitrogens with one attached hydrogen (secondary N) is 1. The quantitative estimate of drug-likeness (QED) is 0.758. The van der Waals surface area contributed by atoms with Crippen LogP contribution in [0.2, 0.25) is 0 Å². The summed E-state index contributed by atoms with van der Waals surface area (Å²) in [5.41, 5.74) is -0.737. The Bertz CT molecular complexity index is 358. The number of carbonyl (C=O) groups is 1. The Kier molecular flexibility index (Phi) is 5.31. The predicted molar refractivity (Wildman–Crippen MR) is 85.4 cm³/mol. The molecule has 122 valence electrons. The van der Waals surface area contributed by atoms with E-state index in [1.807, 2.05) is 13.8 Å². The van der Waals surface area contributed by atoms with Crippen LogP contribution in [0.15, 0.2) is 0 Å². The first-order valence-corrected chi connectivity index (χ1v) is 8.58. The molecular formula is C17H32N2O2. The Morgan fingerprint density at radius 1 is 1.19 bits per heavy atom. The summed E-state index contributed by atoms with van der Waals surface area (Å²) in [7, 11) is 0. The number of carboxylic acid groups (broad SMARTS) is 1. The van der Waals surface area contributed by atoms with E-state index >= 15 is 0 Å². The van der Waals surface area contributed by atoms with Crippen LogP contribution in [0.5, 0.6) is 0 Å². The third-order valence-corrected chi connectivity index (χ3v) is 5.25. The summed E-state index contributed by atoms with van der Waals surface area (Å²) in [5.74, 6) is 1.19. The minimum Gasteiger partial charge on any atom is -0.480 e. The number of carboxylic acids is 1. The van der Waals surface area contributed by atoms with Gasteiger partial charge in [0.1, 0.15) is 5.54 Å². The fourth-order valence-electron chi connectivity index (χ4n) is 3.82. The molecule has 1 atom stereocenters. The van der Waals surface area contributed by atoms with Gasteiger partial charge in [-0.25, -0.2) is 0 Å². The molecule has 2 aliphatic rings. The lowest BCUT2D eigenvalue weighted by Gasteiger charge is -2.41. The number of likely N-dealkylation sites (tertiary alicyclic amines) is 1. The van der Waals surface area contributed by atoms with Crippen molar-refractivity contribution in [2.75, 3.05) is 19.6 Å². The Morgan fingerprint density at radius 2 is 1.76 bits per heavy atom.